The first-order valence-electron chi connectivity index (χ1n) is 5.47. The third kappa shape index (κ3) is 1.57. The van der Waals surface area contributed by atoms with Gasteiger partial charge in [0.2, 0.25) is 0 Å². The topological polar surface area (TPSA) is 74.1 Å². The van der Waals surface area contributed by atoms with Crippen LogP contribution in [-0.2, 0) is 7.05 Å². The number of aromatic nitrogens is 2. The van der Waals surface area contributed by atoms with Crippen LogP contribution < -0.4 is 5.73 Å². The molecule has 0 spiro atoms. The van der Waals surface area contributed by atoms with Crippen molar-refractivity contribution in [2.45, 2.75) is 0 Å². The zero-order valence-electron chi connectivity index (χ0n) is 9.75. The Balaban J connectivity index is 2.12. The molecule has 0 saturated carbocycles. The molecule has 18 heavy (non-hydrogen) atoms. The number of primary amides is 1. The molecule has 2 heterocycles. The first-order chi connectivity index (χ1) is 8.65. The largest absolute Gasteiger partial charge is 0.451 e. The average molecular weight is 241 g/mol. The van der Waals surface area contributed by atoms with Crippen molar-refractivity contribution in [3.05, 3.63) is 42.3 Å². The number of nitrogens with zero attached hydrogens (tertiary/aromatic N) is 2. The van der Waals surface area contributed by atoms with Gasteiger partial charge in [0.05, 0.1) is 11.7 Å². The molecule has 0 saturated heterocycles. The Morgan fingerprint density at radius 1 is 1.33 bits per heavy atom. The highest BCUT2D eigenvalue weighted by Gasteiger charge is 2.10. The van der Waals surface area contributed by atoms with Crippen LogP contribution in [0.15, 0.2) is 40.9 Å². The fraction of sp³-hybridized carbons (Fsp3) is 0.0769. The molecular formula is C13H11N3O2. The molecule has 90 valence electrons. The number of nitrogens with two attached hydrogens (primary N) is 1. The van der Waals surface area contributed by atoms with Crippen LogP contribution in [-0.4, -0.2) is 15.7 Å². The third-order valence-corrected chi connectivity index (χ3v) is 2.88. The minimum absolute atomic E-state index is 0.162. The van der Waals surface area contributed by atoms with Crippen molar-refractivity contribution in [1.29, 1.82) is 0 Å². The van der Waals surface area contributed by atoms with Crippen LogP contribution in [0.1, 0.15) is 10.6 Å². The van der Waals surface area contributed by atoms with E-state index in [1.165, 1.54) is 0 Å². The maximum atomic E-state index is 11.0. The number of aryl methyl sites for hydroxylation is 1. The first-order valence-corrected chi connectivity index (χ1v) is 5.47. The van der Waals surface area contributed by atoms with E-state index in [9.17, 15) is 4.79 Å². The molecule has 0 unspecified atom stereocenters. The Hall–Kier alpha value is -2.56. The lowest BCUT2D eigenvalue weighted by molar-refractivity contribution is 0.0974. The van der Waals surface area contributed by atoms with Gasteiger partial charge in [-0.15, -0.1) is 0 Å². The molecule has 3 rings (SSSR count). The van der Waals surface area contributed by atoms with Crippen LogP contribution in [0.2, 0.25) is 0 Å². The van der Waals surface area contributed by atoms with Gasteiger partial charge in [0.25, 0.3) is 5.91 Å². The van der Waals surface area contributed by atoms with E-state index in [0.29, 0.717) is 5.76 Å². The maximum absolute atomic E-state index is 11.0. The quantitative estimate of drug-likeness (QED) is 0.745. The Morgan fingerprint density at radius 2 is 2.17 bits per heavy atom. The monoisotopic (exact) mass is 241 g/mol. The van der Waals surface area contributed by atoms with Crippen LogP contribution in [0.4, 0.5) is 0 Å². The molecular weight excluding hydrogens is 230 g/mol. The Morgan fingerprint density at radius 3 is 2.89 bits per heavy atom. The second kappa shape index (κ2) is 3.73. The summed E-state index contributed by atoms with van der Waals surface area (Å²) in [6, 6.07) is 9.16. The maximum Gasteiger partial charge on any atom is 0.284 e. The average Bonchev–Trinajstić information content (AvgIpc) is 2.96. The molecule has 1 amide bonds. The highest BCUT2D eigenvalue weighted by Crippen LogP contribution is 2.25. The lowest BCUT2D eigenvalue weighted by atomic mass is 10.1. The van der Waals surface area contributed by atoms with Crippen LogP contribution in [0, 0.1) is 0 Å². The van der Waals surface area contributed by atoms with Gasteiger partial charge in [-0.05, 0) is 18.2 Å². The van der Waals surface area contributed by atoms with Crippen molar-refractivity contribution >= 4 is 16.8 Å². The summed E-state index contributed by atoms with van der Waals surface area (Å²) >= 11 is 0. The van der Waals surface area contributed by atoms with Gasteiger partial charge in [-0.1, -0.05) is 12.1 Å². The number of fused-ring (bicyclic) bond motifs is 1. The van der Waals surface area contributed by atoms with Crippen molar-refractivity contribution < 1.29 is 9.21 Å². The molecule has 0 atom stereocenters. The van der Waals surface area contributed by atoms with E-state index in [2.05, 4.69) is 5.10 Å². The van der Waals surface area contributed by atoms with E-state index in [4.69, 9.17) is 10.2 Å². The molecule has 3 aromatic rings. The summed E-state index contributed by atoms with van der Waals surface area (Å²) in [5, 5.41) is 5.23. The van der Waals surface area contributed by atoms with Crippen LogP contribution >= 0.6 is 0 Å². The molecule has 0 aliphatic rings. The van der Waals surface area contributed by atoms with E-state index in [-0.39, 0.29) is 5.76 Å². The smallest absolute Gasteiger partial charge is 0.284 e. The Labute approximate surface area is 103 Å². The molecule has 2 N–H and O–H groups in total. The van der Waals surface area contributed by atoms with Crippen molar-refractivity contribution in [2.75, 3.05) is 0 Å². The van der Waals surface area contributed by atoms with E-state index >= 15 is 0 Å². The van der Waals surface area contributed by atoms with E-state index in [1.807, 2.05) is 25.2 Å². The minimum atomic E-state index is -0.567. The molecule has 0 bridgehead atoms. The van der Waals surface area contributed by atoms with Gasteiger partial charge >= 0.3 is 0 Å². The number of carbonyl (C=O) groups is 1. The number of carbonyl (C=O) groups excluding carboxylic acids is 1. The number of amides is 1. The second-order valence-corrected chi connectivity index (χ2v) is 4.07. The fourth-order valence-electron chi connectivity index (χ4n) is 1.92. The number of hydrogen-bond acceptors (Lipinski definition) is 3. The van der Waals surface area contributed by atoms with Gasteiger partial charge < -0.3 is 10.2 Å². The highest BCUT2D eigenvalue weighted by molar-refractivity contribution is 5.91. The molecule has 1 aromatic carbocycles. The van der Waals surface area contributed by atoms with Crippen LogP contribution in [0.3, 0.4) is 0 Å². The molecule has 2 aromatic heterocycles. The normalized spacial score (nSPS) is 10.9. The van der Waals surface area contributed by atoms with Gasteiger partial charge in [0.1, 0.15) is 5.76 Å². The predicted molar refractivity (Wildman–Crippen MR) is 66.9 cm³/mol. The first kappa shape index (κ1) is 10.6. The van der Waals surface area contributed by atoms with E-state index in [0.717, 1.165) is 16.5 Å². The second-order valence-electron chi connectivity index (χ2n) is 4.07. The number of rotatable bonds is 2. The summed E-state index contributed by atoms with van der Waals surface area (Å²) < 4.78 is 7.18. The molecule has 0 aliphatic heterocycles. The SMILES string of the molecule is Cn1ncc2ccc(-c3ccc(C(N)=O)o3)cc21. The van der Waals surface area contributed by atoms with E-state index in [1.54, 1.807) is 23.0 Å². The predicted octanol–water partition coefficient (Wildman–Crippen LogP) is 1.93. The zero-order valence-corrected chi connectivity index (χ0v) is 9.75. The van der Waals surface area contributed by atoms with Gasteiger partial charge in [-0.3, -0.25) is 9.48 Å². The Kier molecular flexibility index (Phi) is 2.19. The standard InChI is InChI=1S/C13H11N3O2/c1-16-10-6-8(2-3-9(10)7-15-16)11-4-5-12(18-11)13(14)17/h2-7H,1H3,(H2,14,17). The lowest BCUT2D eigenvalue weighted by Crippen LogP contribution is -2.09. The molecule has 0 aliphatic carbocycles. The molecule has 5 heteroatoms. The summed E-state index contributed by atoms with van der Waals surface area (Å²) in [5.41, 5.74) is 7.05. The summed E-state index contributed by atoms with van der Waals surface area (Å²) in [7, 11) is 1.88. The molecule has 0 radical (unpaired) electrons. The van der Waals surface area contributed by atoms with Crippen molar-refractivity contribution in [3.63, 3.8) is 0 Å². The lowest BCUT2D eigenvalue weighted by Gasteiger charge is -1.99. The third-order valence-electron chi connectivity index (χ3n) is 2.88. The summed E-state index contributed by atoms with van der Waals surface area (Å²) in [5.74, 6) is 0.213. The van der Waals surface area contributed by atoms with Gasteiger partial charge in [-0.2, -0.15) is 5.10 Å². The molecule has 0 fully saturated rings. The van der Waals surface area contributed by atoms with E-state index < -0.39 is 5.91 Å². The van der Waals surface area contributed by atoms with Gasteiger partial charge in [0, 0.05) is 18.0 Å². The summed E-state index contributed by atoms with van der Waals surface area (Å²) in [6.45, 7) is 0. The number of benzene rings is 1. The summed E-state index contributed by atoms with van der Waals surface area (Å²) in [6.07, 6.45) is 1.80. The Bertz CT molecular complexity index is 740. The number of furan rings is 1. The highest BCUT2D eigenvalue weighted by atomic mass is 16.3. The minimum Gasteiger partial charge on any atom is -0.451 e. The fourth-order valence-corrected chi connectivity index (χ4v) is 1.92. The van der Waals surface area contributed by atoms with Crippen molar-refractivity contribution in [3.8, 4) is 11.3 Å². The summed E-state index contributed by atoms with van der Waals surface area (Å²) in [4.78, 5) is 11.0. The van der Waals surface area contributed by atoms with Crippen LogP contribution in [0.5, 0.6) is 0 Å². The van der Waals surface area contributed by atoms with Gasteiger partial charge in [0.15, 0.2) is 5.76 Å². The zero-order chi connectivity index (χ0) is 12.7. The molecule has 5 nitrogen and oxygen atoms in total. The van der Waals surface area contributed by atoms with Crippen molar-refractivity contribution in [2.24, 2.45) is 12.8 Å². The van der Waals surface area contributed by atoms with Crippen LogP contribution in [0.25, 0.3) is 22.2 Å². The van der Waals surface area contributed by atoms with Gasteiger partial charge in [-0.25, -0.2) is 0 Å². The number of hydrogen-bond donors (Lipinski definition) is 1. The van der Waals surface area contributed by atoms with Crippen molar-refractivity contribution in [1.82, 2.24) is 9.78 Å².